The molecule has 0 fully saturated rings. The van der Waals surface area contributed by atoms with Crippen molar-refractivity contribution in [3.8, 4) is 5.75 Å². The number of amides is 1. The number of methoxy groups -OCH3 is 1. The number of ether oxygens (including phenoxy) is 2. The Balaban J connectivity index is 2.27. The first-order valence-corrected chi connectivity index (χ1v) is 7.70. The molecule has 2 aromatic rings. The maximum Gasteiger partial charge on any atom is 0.338 e. The van der Waals surface area contributed by atoms with Crippen LogP contribution >= 0.6 is 0 Å². The van der Waals surface area contributed by atoms with E-state index in [0.29, 0.717) is 23.5 Å². The monoisotopic (exact) mass is 328 g/mol. The molecule has 6 heteroatoms. The van der Waals surface area contributed by atoms with E-state index in [1.54, 1.807) is 12.1 Å². The first kappa shape index (κ1) is 17.5. The fraction of sp³-hybridized carbons (Fsp3) is 0.278. The van der Waals surface area contributed by atoms with Crippen molar-refractivity contribution in [3.05, 3.63) is 53.2 Å². The van der Waals surface area contributed by atoms with Gasteiger partial charge in [-0.05, 0) is 43.2 Å². The van der Waals surface area contributed by atoms with Gasteiger partial charge in [0, 0.05) is 6.20 Å². The van der Waals surface area contributed by atoms with Crippen LogP contribution in [0.5, 0.6) is 5.75 Å². The fourth-order valence-electron chi connectivity index (χ4n) is 2.18. The Bertz CT molecular complexity index is 744. The van der Waals surface area contributed by atoms with Crippen molar-refractivity contribution in [2.75, 3.05) is 19.0 Å². The van der Waals surface area contributed by atoms with Gasteiger partial charge in [0.05, 0.1) is 24.8 Å². The van der Waals surface area contributed by atoms with Crippen molar-refractivity contribution in [1.82, 2.24) is 4.98 Å². The van der Waals surface area contributed by atoms with Gasteiger partial charge < -0.3 is 14.8 Å². The lowest BCUT2D eigenvalue weighted by Crippen LogP contribution is -2.15. The van der Waals surface area contributed by atoms with Crippen molar-refractivity contribution in [3.63, 3.8) is 0 Å². The highest BCUT2D eigenvalue weighted by molar-refractivity contribution is 6.06. The third-order valence-corrected chi connectivity index (χ3v) is 3.42. The summed E-state index contributed by atoms with van der Waals surface area (Å²) in [5.74, 6) is -0.0530. The van der Waals surface area contributed by atoms with Crippen LogP contribution in [0.3, 0.4) is 0 Å². The van der Waals surface area contributed by atoms with Crippen molar-refractivity contribution in [1.29, 1.82) is 0 Å². The number of hydrogen-bond donors (Lipinski definition) is 1. The second-order valence-corrected chi connectivity index (χ2v) is 4.99. The number of pyridine rings is 1. The zero-order valence-corrected chi connectivity index (χ0v) is 14.0. The van der Waals surface area contributed by atoms with Gasteiger partial charge >= 0.3 is 5.97 Å². The molecule has 1 heterocycles. The van der Waals surface area contributed by atoms with E-state index in [0.717, 1.165) is 12.0 Å². The van der Waals surface area contributed by atoms with Crippen LogP contribution in [-0.4, -0.2) is 30.6 Å². The molecule has 0 atom stereocenters. The highest BCUT2D eigenvalue weighted by Gasteiger charge is 2.15. The van der Waals surface area contributed by atoms with E-state index >= 15 is 0 Å². The van der Waals surface area contributed by atoms with Gasteiger partial charge in [-0.2, -0.15) is 0 Å². The van der Waals surface area contributed by atoms with Crippen molar-refractivity contribution in [2.24, 2.45) is 0 Å². The Hall–Kier alpha value is -2.89. The number of benzene rings is 1. The smallest absolute Gasteiger partial charge is 0.338 e. The Morgan fingerprint density at radius 3 is 2.62 bits per heavy atom. The third-order valence-electron chi connectivity index (χ3n) is 3.42. The second-order valence-electron chi connectivity index (χ2n) is 4.99. The summed E-state index contributed by atoms with van der Waals surface area (Å²) in [4.78, 5) is 28.2. The molecule has 0 aliphatic heterocycles. The first-order valence-electron chi connectivity index (χ1n) is 7.70. The minimum atomic E-state index is -0.490. The lowest BCUT2D eigenvalue weighted by atomic mass is 10.1. The molecule has 1 amide bonds. The second kappa shape index (κ2) is 8.10. The van der Waals surface area contributed by atoms with Gasteiger partial charge in [0.1, 0.15) is 11.6 Å². The Kier molecular flexibility index (Phi) is 5.89. The maximum absolute atomic E-state index is 12.6. The molecule has 0 aliphatic rings. The van der Waals surface area contributed by atoms with E-state index in [4.69, 9.17) is 4.74 Å². The number of carbonyl (C=O) groups excluding carboxylic acids is 2. The molecule has 1 N–H and O–H groups in total. The molecule has 0 saturated carbocycles. The predicted molar refractivity (Wildman–Crippen MR) is 90.5 cm³/mol. The topological polar surface area (TPSA) is 77.5 Å². The Morgan fingerprint density at radius 2 is 1.96 bits per heavy atom. The third kappa shape index (κ3) is 4.10. The molecule has 0 radical (unpaired) electrons. The molecule has 1 aromatic heterocycles. The molecule has 2 rings (SSSR count). The van der Waals surface area contributed by atoms with E-state index in [2.05, 4.69) is 15.0 Å². The molecule has 0 aliphatic carbocycles. The summed E-state index contributed by atoms with van der Waals surface area (Å²) < 4.78 is 10.2. The average Bonchev–Trinajstić information content (AvgIpc) is 2.61. The Morgan fingerprint density at radius 1 is 1.17 bits per heavy atom. The number of carbonyl (C=O) groups is 2. The lowest BCUT2D eigenvalue weighted by molar-refractivity contribution is 0.0600. The van der Waals surface area contributed by atoms with E-state index in [9.17, 15) is 9.59 Å². The quantitative estimate of drug-likeness (QED) is 0.825. The van der Waals surface area contributed by atoms with Crippen LogP contribution in [0, 0.1) is 0 Å². The highest BCUT2D eigenvalue weighted by Crippen LogP contribution is 2.22. The number of rotatable bonds is 6. The largest absolute Gasteiger partial charge is 0.493 e. The van der Waals surface area contributed by atoms with E-state index < -0.39 is 5.97 Å². The van der Waals surface area contributed by atoms with Gasteiger partial charge in [-0.1, -0.05) is 13.0 Å². The molecule has 1 aromatic carbocycles. The summed E-state index contributed by atoms with van der Waals surface area (Å²) in [5.41, 5.74) is 1.77. The lowest BCUT2D eigenvalue weighted by Gasteiger charge is -2.12. The molecule has 0 unspecified atom stereocenters. The standard InChI is InChI=1S/C18H20N2O4/c1-4-12-6-7-15(24-5-2)14(10-12)17(21)20-16-11-13(8-9-19-16)18(22)23-3/h6-11H,4-5H2,1-3H3,(H,19,20,21). The normalized spacial score (nSPS) is 10.1. The number of nitrogens with zero attached hydrogens (tertiary/aromatic N) is 1. The van der Waals surface area contributed by atoms with Crippen LogP contribution in [0.2, 0.25) is 0 Å². The van der Waals surface area contributed by atoms with Crippen molar-refractivity contribution < 1.29 is 19.1 Å². The molecule has 0 saturated heterocycles. The zero-order valence-electron chi connectivity index (χ0n) is 14.0. The van der Waals surface area contributed by atoms with Crippen LogP contribution in [-0.2, 0) is 11.2 Å². The first-order chi connectivity index (χ1) is 11.6. The minimum Gasteiger partial charge on any atom is -0.493 e. The molecular weight excluding hydrogens is 308 g/mol. The molecule has 0 spiro atoms. The van der Waals surface area contributed by atoms with Crippen molar-refractivity contribution in [2.45, 2.75) is 20.3 Å². The summed E-state index contributed by atoms with van der Waals surface area (Å²) in [6.07, 6.45) is 2.25. The summed E-state index contributed by atoms with van der Waals surface area (Å²) >= 11 is 0. The highest BCUT2D eigenvalue weighted by atomic mass is 16.5. The van der Waals surface area contributed by atoms with Crippen LogP contribution in [0.25, 0.3) is 0 Å². The number of aromatic nitrogens is 1. The van der Waals surface area contributed by atoms with Gasteiger partial charge in [-0.3, -0.25) is 4.79 Å². The minimum absolute atomic E-state index is 0.271. The number of aryl methyl sites for hydroxylation is 1. The number of esters is 1. The number of nitrogens with one attached hydrogen (secondary N) is 1. The maximum atomic E-state index is 12.6. The fourth-order valence-corrected chi connectivity index (χ4v) is 2.18. The summed E-state index contributed by atoms with van der Waals surface area (Å²) in [5, 5.41) is 2.69. The molecule has 6 nitrogen and oxygen atoms in total. The molecule has 24 heavy (non-hydrogen) atoms. The number of hydrogen-bond acceptors (Lipinski definition) is 5. The van der Waals surface area contributed by atoms with Crippen LogP contribution in [0.4, 0.5) is 5.82 Å². The SMILES string of the molecule is CCOc1ccc(CC)cc1C(=O)Nc1cc(C(=O)OC)ccn1. The Labute approximate surface area is 140 Å². The predicted octanol–water partition coefficient (Wildman–Crippen LogP) is 3.08. The average molecular weight is 328 g/mol. The van der Waals surface area contributed by atoms with Gasteiger partial charge in [-0.25, -0.2) is 9.78 Å². The summed E-state index contributed by atoms with van der Waals surface area (Å²) in [7, 11) is 1.30. The van der Waals surface area contributed by atoms with Gasteiger partial charge in [0.2, 0.25) is 0 Å². The van der Waals surface area contributed by atoms with Crippen molar-refractivity contribution >= 4 is 17.7 Å². The van der Waals surface area contributed by atoms with Crippen LogP contribution < -0.4 is 10.1 Å². The molecule has 126 valence electrons. The van der Waals surface area contributed by atoms with Gasteiger partial charge in [-0.15, -0.1) is 0 Å². The molecule has 0 bridgehead atoms. The van der Waals surface area contributed by atoms with E-state index in [1.165, 1.54) is 25.4 Å². The van der Waals surface area contributed by atoms with Crippen LogP contribution in [0.1, 0.15) is 40.1 Å². The van der Waals surface area contributed by atoms with E-state index in [1.807, 2.05) is 19.9 Å². The van der Waals surface area contributed by atoms with Gasteiger partial charge in [0.15, 0.2) is 0 Å². The van der Waals surface area contributed by atoms with Gasteiger partial charge in [0.25, 0.3) is 5.91 Å². The number of anilines is 1. The summed E-state index contributed by atoms with van der Waals surface area (Å²) in [6.45, 7) is 4.33. The summed E-state index contributed by atoms with van der Waals surface area (Å²) in [6, 6.07) is 8.50. The van der Waals surface area contributed by atoms with E-state index in [-0.39, 0.29) is 11.7 Å². The van der Waals surface area contributed by atoms with Crippen LogP contribution in [0.15, 0.2) is 36.5 Å². The zero-order chi connectivity index (χ0) is 17.5. The molecular formula is C18H20N2O4.